The minimum atomic E-state index is -1.11. The Bertz CT molecular complexity index is 1530. The maximum absolute atomic E-state index is 14.6. The summed E-state index contributed by atoms with van der Waals surface area (Å²) in [6.07, 6.45) is 0. The van der Waals surface area contributed by atoms with E-state index in [1.54, 1.807) is 41.3 Å². The number of thiophene rings is 1. The Morgan fingerprint density at radius 3 is 2.42 bits per heavy atom. The van der Waals surface area contributed by atoms with Crippen LogP contribution in [0.3, 0.4) is 0 Å². The minimum absolute atomic E-state index is 0.197. The minimum Gasteiger partial charge on any atom is -0.497 e. The maximum Gasteiger partial charge on any atom is 0.269 e. The zero-order chi connectivity index (χ0) is 30.7. The number of methoxy groups -OCH3 is 2. The SMILES string of the molecule is COCC(=O)N1C(C(=O)N2CCNCC2)C(c2cccc(OC)c2)C(C(=O)c2ccc(Cl)s2)C1c1cccc([N+](=O)[O-])c1. The van der Waals surface area contributed by atoms with Gasteiger partial charge in [-0.2, -0.15) is 0 Å². The molecule has 2 fully saturated rings. The van der Waals surface area contributed by atoms with Gasteiger partial charge in [0.2, 0.25) is 11.8 Å². The van der Waals surface area contributed by atoms with Crippen molar-refractivity contribution < 1.29 is 28.8 Å². The number of ether oxygens (including phenoxy) is 2. The normalized spacial score (nSPS) is 21.9. The van der Waals surface area contributed by atoms with E-state index in [0.29, 0.717) is 52.3 Å². The van der Waals surface area contributed by atoms with E-state index in [4.69, 9.17) is 21.1 Å². The number of nitrogens with one attached hydrogen (secondary N) is 1. The average molecular weight is 627 g/mol. The number of likely N-dealkylation sites (tertiary alicyclic amines) is 1. The van der Waals surface area contributed by atoms with Crippen LogP contribution in [0, 0.1) is 16.0 Å². The van der Waals surface area contributed by atoms with Gasteiger partial charge in [0.15, 0.2) is 5.78 Å². The van der Waals surface area contributed by atoms with E-state index in [0.717, 1.165) is 11.3 Å². The number of rotatable bonds is 9. The molecular formula is C30H31ClN4O7S. The molecule has 2 aliphatic heterocycles. The predicted octanol–water partition coefficient (Wildman–Crippen LogP) is 3.93. The van der Waals surface area contributed by atoms with Crippen molar-refractivity contribution in [3.63, 3.8) is 0 Å². The summed E-state index contributed by atoms with van der Waals surface area (Å²) >= 11 is 7.34. The average Bonchev–Trinajstić information content (AvgIpc) is 3.63. The fourth-order valence-electron chi connectivity index (χ4n) is 6.11. The highest BCUT2D eigenvalue weighted by Crippen LogP contribution is 2.53. The number of ketones is 1. The van der Waals surface area contributed by atoms with Crippen LogP contribution in [0.4, 0.5) is 5.69 Å². The fourth-order valence-corrected chi connectivity index (χ4v) is 7.14. The summed E-state index contributed by atoms with van der Waals surface area (Å²) < 4.78 is 11.1. The molecule has 3 heterocycles. The fraction of sp³-hybridized carbons (Fsp3) is 0.367. The first kappa shape index (κ1) is 30.6. The zero-order valence-corrected chi connectivity index (χ0v) is 25.2. The molecule has 1 N–H and O–H groups in total. The lowest BCUT2D eigenvalue weighted by atomic mass is 9.77. The standard InChI is InChI=1S/C30H31ClN4O7S/c1-41-17-24(36)34-27(19-6-3-7-20(15-19)35(39)40)26(29(37)22-9-10-23(31)43-22)25(18-5-4-8-21(16-18)42-2)28(34)30(38)33-13-11-32-12-14-33/h3-10,15-16,25-28,32H,11-14,17H2,1-2H3. The van der Waals surface area contributed by atoms with Gasteiger partial charge in [0.05, 0.1) is 33.2 Å². The monoisotopic (exact) mass is 626 g/mol. The Hall–Kier alpha value is -3.84. The molecule has 11 nitrogen and oxygen atoms in total. The van der Waals surface area contributed by atoms with E-state index in [1.165, 1.54) is 37.3 Å². The number of hydrogen-bond donors (Lipinski definition) is 1. The Labute approximate surface area is 257 Å². The number of carbonyl (C=O) groups excluding carboxylic acids is 3. The molecule has 2 saturated heterocycles. The zero-order valence-electron chi connectivity index (χ0n) is 23.6. The number of nitrogens with zero attached hydrogens (tertiary/aromatic N) is 3. The second-order valence-corrected chi connectivity index (χ2v) is 12.1. The van der Waals surface area contributed by atoms with E-state index < -0.39 is 34.7 Å². The lowest BCUT2D eigenvalue weighted by Crippen LogP contribution is -2.55. The van der Waals surface area contributed by atoms with Crippen LogP contribution in [0.25, 0.3) is 0 Å². The number of halogens is 1. The molecule has 4 atom stereocenters. The first-order valence-electron chi connectivity index (χ1n) is 13.7. The van der Waals surface area contributed by atoms with E-state index >= 15 is 0 Å². The number of non-ortho nitro benzene ring substituents is 1. The highest BCUT2D eigenvalue weighted by molar-refractivity contribution is 7.18. The molecule has 3 aromatic rings. The van der Waals surface area contributed by atoms with Crippen LogP contribution in [0.15, 0.2) is 60.7 Å². The first-order valence-corrected chi connectivity index (χ1v) is 14.9. The van der Waals surface area contributed by atoms with Gasteiger partial charge in [0, 0.05) is 51.3 Å². The van der Waals surface area contributed by atoms with E-state index in [-0.39, 0.29) is 24.0 Å². The molecule has 43 heavy (non-hydrogen) atoms. The van der Waals surface area contributed by atoms with Gasteiger partial charge in [-0.25, -0.2) is 0 Å². The maximum atomic E-state index is 14.6. The number of carbonyl (C=O) groups is 3. The topological polar surface area (TPSA) is 131 Å². The van der Waals surface area contributed by atoms with E-state index in [1.807, 2.05) is 6.07 Å². The van der Waals surface area contributed by atoms with Crippen molar-refractivity contribution in [3.05, 3.63) is 91.1 Å². The van der Waals surface area contributed by atoms with Gasteiger partial charge in [-0.1, -0.05) is 35.9 Å². The molecule has 0 radical (unpaired) electrons. The van der Waals surface area contributed by atoms with Gasteiger partial charge in [0.1, 0.15) is 18.4 Å². The molecule has 0 spiro atoms. The third-order valence-electron chi connectivity index (χ3n) is 7.92. The second-order valence-electron chi connectivity index (χ2n) is 10.3. The number of nitro groups is 1. The van der Waals surface area contributed by atoms with Gasteiger partial charge in [-0.3, -0.25) is 24.5 Å². The third-order valence-corrected chi connectivity index (χ3v) is 9.17. The van der Waals surface area contributed by atoms with Gasteiger partial charge in [0.25, 0.3) is 5.69 Å². The molecular weight excluding hydrogens is 596 g/mol. The summed E-state index contributed by atoms with van der Waals surface area (Å²) in [5.74, 6) is -2.46. The number of benzene rings is 2. The molecule has 2 aromatic carbocycles. The largest absolute Gasteiger partial charge is 0.497 e. The molecule has 2 aliphatic rings. The summed E-state index contributed by atoms with van der Waals surface area (Å²) in [5, 5.41) is 15.0. The molecule has 4 unspecified atom stereocenters. The number of Topliss-reactive ketones (excluding diaryl/α,β-unsaturated/α-hetero) is 1. The molecule has 1 aromatic heterocycles. The highest BCUT2D eigenvalue weighted by atomic mass is 35.5. The molecule has 226 valence electrons. The quantitative estimate of drug-likeness (QED) is 0.215. The van der Waals surface area contributed by atoms with Crippen molar-refractivity contribution in [2.75, 3.05) is 47.0 Å². The van der Waals surface area contributed by atoms with Crippen LogP contribution < -0.4 is 10.1 Å². The van der Waals surface area contributed by atoms with Crippen molar-refractivity contribution in [2.45, 2.75) is 18.0 Å². The van der Waals surface area contributed by atoms with Gasteiger partial charge in [-0.05, 0) is 35.4 Å². The van der Waals surface area contributed by atoms with Gasteiger partial charge >= 0.3 is 0 Å². The molecule has 2 amide bonds. The molecule has 5 rings (SSSR count). The lowest BCUT2D eigenvalue weighted by molar-refractivity contribution is -0.385. The van der Waals surface area contributed by atoms with E-state index in [2.05, 4.69) is 5.32 Å². The Morgan fingerprint density at radius 2 is 1.77 bits per heavy atom. The lowest BCUT2D eigenvalue weighted by Gasteiger charge is -2.36. The van der Waals surface area contributed by atoms with Crippen molar-refractivity contribution in [3.8, 4) is 5.75 Å². The number of amides is 2. The van der Waals surface area contributed by atoms with Gasteiger partial charge < -0.3 is 24.6 Å². The van der Waals surface area contributed by atoms with Crippen LogP contribution in [-0.2, 0) is 14.3 Å². The van der Waals surface area contributed by atoms with Crippen molar-refractivity contribution in [1.82, 2.24) is 15.1 Å². The number of hydrogen-bond acceptors (Lipinski definition) is 9. The molecule has 0 bridgehead atoms. The van der Waals surface area contributed by atoms with Crippen LogP contribution in [-0.4, -0.2) is 85.4 Å². The van der Waals surface area contributed by atoms with Crippen molar-refractivity contribution in [2.24, 2.45) is 5.92 Å². The first-order chi connectivity index (χ1) is 20.7. The Balaban J connectivity index is 1.78. The molecule has 13 heteroatoms. The second kappa shape index (κ2) is 13.2. The van der Waals surface area contributed by atoms with Crippen LogP contribution in [0.5, 0.6) is 5.75 Å². The summed E-state index contributed by atoms with van der Waals surface area (Å²) in [6.45, 7) is 1.66. The summed E-state index contributed by atoms with van der Waals surface area (Å²) in [4.78, 5) is 57.8. The van der Waals surface area contributed by atoms with Crippen molar-refractivity contribution >= 4 is 46.2 Å². The number of nitro benzene ring substituents is 1. The summed E-state index contributed by atoms with van der Waals surface area (Å²) in [5.41, 5.74) is 0.789. The van der Waals surface area contributed by atoms with Crippen LogP contribution >= 0.6 is 22.9 Å². The summed E-state index contributed by atoms with van der Waals surface area (Å²) in [7, 11) is 2.90. The molecule has 0 saturated carbocycles. The number of piperazine rings is 1. The van der Waals surface area contributed by atoms with Gasteiger partial charge in [-0.15, -0.1) is 11.3 Å². The predicted molar refractivity (Wildman–Crippen MR) is 161 cm³/mol. The highest BCUT2D eigenvalue weighted by Gasteiger charge is 2.58. The Morgan fingerprint density at radius 1 is 1.05 bits per heavy atom. The van der Waals surface area contributed by atoms with Crippen LogP contribution in [0.2, 0.25) is 4.34 Å². The summed E-state index contributed by atoms with van der Waals surface area (Å²) in [6, 6.07) is 14.1. The Kier molecular flexibility index (Phi) is 9.40. The van der Waals surface area contributed by atoms with Crippen LogP contribution in [0.1, 0.15) is 32.8 Å². The van der Waals surface area contributed by atoms with Crippen molar-refractivity contribution in [1.29, 1.82) is 0 Å². The van der Waals surface area contributed by atoms with E-state index in [9.17, 15) is 24.5 Å². The molecule has 0 aliphatic carbocycles. The third kappa shape index (κ3) is 6.14. The smallest absolute Gasteiger partial charge is 0.269 e.